The van der Waals surface area contributed by atoms with E-state index in [0.717, 1.165) is 37.2 Å². The second-order valence-corrected chi connectivity index (χ2v) is 11.2. The lowest BCUT2D eigenvalue weighted by atomic mass is 9.47. The van der Waals surface area contributed by atoms with Gasteiger partial charge in [0.15, 0.2) is 0 Å². The molecule has 2 nitrogen and oxygen atoms in total. The van der Waals surface area contributed by atoms with Crippen molar-refractivity contribution in [2.24, 2.45) is 34.5 Å². The van der Waals surface area contributed by atoms with Crippen LogP contribution in [0.15, 0.2) is 42.0 Å². The fourth-order valence-electron chi connectivity index (χ4n) is 8.23. The number of ketones is 1. The molecule has 0 saturated heterocycles. The Morgan fingerprint density at radius 2 is 1.83 bits per heavy atom. The number of ether oxygens (including phenoxy) is 1. The SMILES string of the molecule is CC(=O)C1CCC2C3CC=C4CC(OCc5ccccc5)CC[C@]4(C)C3CCC12C. The van der Waals surface area contributed by atoms with E-state index in [9.17, 15) is 4.79 Å². The van der Waals surface area contributed by atoms with Crippen LogP contribution in [0.5, 0.6) is 0 Å². The lowest BCUT2D eigenvalue weighted by Crippen LogP contribution is -2.51. The van der Waals surface area contributed by atoms with Gasteiger partial charge < -0.3 is 4.74 Å². The number of hydrogen-bond donors (Lipinski definition) is 0. The normalized spacial score (nSPS) is 42.6. The Morgan fingerprint density at radius 3 is 2.60 bits per heavy atom. The number of carbonyl (C=O) groups excluding carboxylic acids is 1. The molecule has 0 spiro atoms. The molecule has 4 aliphatic rings. The third-order valence-electron chi connectivity index (χ3n) is 9.88. The maximum atomic E-state index is 12.3. The van der Waals surface area contributed by atoms with E-state index in [-0.39, 0.29) is 5.41 Å². The summed E-state index contributed by atoms with van der Waals surface area (Å²) in [7, 11) is 0. The molecular formula is C28H38O2. The Labute approximate surface area is 182 Å². The molecule has 1 aromatic carbocycles. The summed E-state index contributed by atoms with van der Waals surface area (Å²) in [5.74, 6) is 3.07. The monoisotopic (exact) mass is 406 g/mol. The quantitative estimate of drug-likeness (QED) is 0.518. The van der Waals surface area contributed by atoms with Gasteiger partial charge in [-0.05, 0) is 92.4 Å². The second kappa shape index (κ2) is 7.62. The molecule has 0 aromatic heterocycles. The third kappa shape index (κ3) is 3.22. The van der Waals surface area contributed by atoms with Gasteiger partial charge in [0.2, 0.25) is 0 Å². The Kier molecular flexibility index (Phi) is 5.21. The van der Waals surface area contributed by atoms with Crippen molar-refractivity contribution in [2.45, 2.75) is 84.8 Å². The summed E-state index contributed by atoms with van der Waals surface area (Å²) < 4.78 is 6.35. The van der Waals surface area contributed by atoms with Crippen molar-refractivity contribution in [1.29, 1.82) is 0 Å². The van der Waals surface area contributed by atoms with Crippen LogP contribution in [0.25, 0.3) is 0 Å². The molecule has 7 atom stereocenters. The number of fused-ring (bicyclic) bond motifs is 5. The highest BCUT2D eigenvalue weighted by Crippen LogP contribution is 2.66. The number of allylic oxidation sites excluding steroid dienone is 1. The van der Waals surface area contributed by atoms with E-state index in [0.29, 0.717) is 23.2 Å². The number of benzene rings is 1. The number of hydrogen-bond acceptors (Lipinski definition) is 2. The Balaban J connectivity index is 1.30. The first-order valence-electron chi connectivity index (χ1n) is 12.3. The van der Waals surface area contributed by atoms with Crippen molar-refractivity contribution in [1.82, 2.24) is 0 Å². The van der Waals surface area contributed by atoms with Gasteiger partial charge in [-0.2, -0.15) is 0 Å². The van der Waals surface area contributed by atoms with Gasteiger partial charge in [0.1, 0.15) is 5.78 Å². The fraction of sp³-hybridized carbons (Fsp3) is 0.679. The van der Waals surface area contributed by atoms with Crippen molar-refractivity contribution in [3.63, 3.8) is 0 Å². The summed E-state index contributed by atoms with van der Waals surface area (Å²) in [6.45, 7) is 7.57. The van der Waals surface area contributed by atoms with Gasteiger partial charge in [0.25, 0.3) is 0 Å². The zero-order valence-corrected chi connectivity index (χ0v) is 19.0. The molecule has 3 fully saturated rings. The van der Waals surface area contributed by atoms with Gasteiger partial charge >= 0.3 is 0 Å². The molecule has 5 rings (SSSR count). The molecule has 0 radical (unpaired) electrons. The molecule has 162 valence electrons. The predicted octanol–water partition coefficient (Wildman–Crippen LogP) is 6.74. The van der Waals surface area contributed by atoms with Crippen LogP contribution in [-0.4, -0.2) is 11.9 Å². The van der Waals surface area contributed by atoms with Crippen molar-refractivity contribution < 1.29 is 9.53 Å². The largest absolute Gasteiger partial charge is 0.373 e. The number of rotatable bonds is 4. The summed E-state index contributed by atoms with van der Waals surface area (Å²) in [6.07, 6.45) is 12.7. The Morgan fingerprint density at radius 1 is 1.03 bits per heavy atom. The molecule has 0 heterocycles. The Hall–Kier alpha value is -1.41. The fourth-order valence-corrected chi connectivity index (χ4v) is 8.23. The van der Waals surface area contributed by atoms with Gasteiger partial charge in [-0.25, -0.2) is 0 Å². The third-order valence-corrected chi connectivity index (χ3v) is 9.88. The van der Waals surface area contributed by atoms with Crippen LogP contribution in [0.4, 0.5) is 0 Å². The van der Waals surface area contributed by atoms with Gasteiger partial charge in [-0.15, -0.1) is 0 Å². The van der Waals surface area contributed by atoms with Gasteiger partial charge in [-0.3, -0.25) is 4.79 Å². The lowest BCUT2D eigenvalue weighted by Gasteiger charge is -2.58. The van der Waals surface area contributed by atoms with Crippen LogP contribution in [0.3, 0.4) is 0 Å². The van der Waals surface area contributed by atoms with Crippen LogP contribution in [0.2, 0.25) is 0 Å². The summed E-state index contributed by atoms with van der Waals surface area (Å²) in [4.78, 5) is 12.3. The van der Waals surface area contributed by atoms with Crippen LogP contribution < -0.4 is 0 Å². The van der Waals surface area contributed by atoms with Gasteiger partial charge in [0, 0.05) is 5.92 Å². The minimum absolute atomic E-state index is 0.255. The van der Waals surface area contributed by atoms with Crippen LogP contribution in [0.1, 0.15) is 77.7 Å². The van der Waals surface area contributed by atoms with Crippen LogP contribution in [0, 0.1) is 34.5 Å². The van der Waals surface area contributed by atoms with E-state index in [2.05, 4.69) is 50.3 Å². The van der Waals surface area contributed by atoms with Crippen molar-refractivity contribution in [3.8, 4) is 0 Å². The summed E-state index contributed by atoms with van der Waals surface area (Å²) >= 11 is 0. The van der Waals surface area contributed by atoms with E-state index >= 15 is 0 Å². The average Bonchev–Trinajstić information content (AvgIpc) is 3.10. The van der Waals surface area contributed by atoms with Gasteiger partial charge in [-0.1, -0.05) is 55.8 Å². The first kappa shape index (κ1) is 20.5. The first-order valence-corrected chi connectivity index (χ1v) is 12.3. The molecule has 0 aliphatic heterocycles. The molecule has 0 amide bonds. The standard InChI is InChI=1S/C28H38O2/c1-19(29)24-11-12-25-23-10-9-21-17-22(30-18-20-7-5-4-6-8-20)13-15-27(21,2)26(23)14-16-28(24,25)3/h4-9,22-26H,10-18H2,1-3H3/t22?,23?,24?,25?,26?,27-,28?/m0/s1. The van der Waals surface area contributed by atoms with Gasteiger partial charge in [0.05, 0.1) is 12.7 Å². The van der Waals surface area contributed by atoms with Crippen molar-refractivity contribution >= 4 is 5.78 Å². The minimum atomic E-state index is 0.255. The summed E-state index contributed by atoms with van der Waals surface area (Å²) in [5.41, 5.74) is 3.56. The van der Waals surface area contributed by atoms with E-state index in [4.69, 9.17) is 4.74 Å². The molecule has 4 aliphatic carbocycles. The summed E-state index contributed by atoms with van der Waals surface area (Å²) in [6, 6.07) is 10.6. The first-order chi connectivity index (χ1) is 14.4. The molecule has 0 N–H and O–H groups in total. The molecule has 30 heavy (non-hydrogen) atoms. The number of Topliss-reactive ketones (excluding diaryl/α,β-unsaturated/α-hetero) is 1. The molecule has 3 saturated carbocycles. The molecule has 6 unspecified atom stereocenters. The number of carbonyl (C=O) groups is 1. The van der Waals surface area contributed by atoms with E-state index in [1.54, 1.807) is 5.57 Å². The van der Waals surface area contributed by atoms with E-state index in [1.165, 1.54) is 44.1 Å². The van der Waals surface area contributed by atoms with Crippen LogP contribution >= 0.6 is 0 Å². The highest BCUT2D eigenvalue weighted by atomic mass is 16.5. The maximum Gasteiger partial charge on any atom is 0.133 e. The predicted molar refractivity (Wildman–Crippen MR) is 121 cm³/mol. The Bertz CT molecular complexity index is 826. The van der Waals surface area contributed by atoms with Crippen molar-refractivity contribution in [3.05, 3.63) is 47.5 Å². The van der Waals surface area contributed by atoms with Crippen molar-refractivity contribution in [2.75, 3.05) is 0 Å². The lowest BCUT2D eigenvalue weighted by molar-refractivity contribution is -0.127. The van der Waals surface area contributed by atoms with Crippen LogP contribution in [-0.2, 0) is 16.1 Å². The highest BCUT2D eigenvalue weighted by molar-refractivity contribution is 5.79. The topological polar surface area (TPSA) is 26.3 Å². The van der Waals surface area contributed by atoms with E-state index in [1.807, 2.05) is 6.92 Å². The molecule has 2 heteroatoms. The molecule has 1 aromatic rings. The second-order valence-electron chi connectivity index (χ2n) is 11.2. The van der Waals surface area contributed by atoms with E-state index < -0.39 is 0 Å². The molecule has 0 bridgehead atoms. The average molecular weight is 407 g/mol. The smallest absolute Gasteiger partial charge is 0.133 e. The summed E-state index contributed by atoms with van der Waals surface area (Å²) in [5, 5.41) is 0. The zero-order valence-electron chi connectivity index (χ0n) is 19.0. The minimum Gasteiger partial charge on any atom is -0.373 e. The molecular weight excluding hydrogens is 368 g/mol. The maximum absolute atomic E-state index is 12.3. The highest BCUT2D eigenvalue weighted by Gasteiger charge is 2.59. The zero-order chi connectivity index (χ0) is 20.9.